The molecule has 1 N–H and O–H groups in total. The largest absolute Gasteiger partial charge is 0.391 e. The van der Waals surface area contributed by atoms with Crippen molar-refractivity contribution in [3.63, 3.8) is 0 Å². The molecule has 1 heterocycles. The predicted octanol–water partition coefficient (Wildman–Crippen LogP) is 0.0467. The highest BCUT2D eigenvalue weighted by molar-refractivity contribution is 7.13. The maximum atomic E-state index is 11.0. The summed E-state index contributed by atoms with van der Waals surface area (Å²) in [5, 5.41) is 9.38. The number of nitrogens with zero attached hydrogens (tertiary/aromatic N) is 1. The van der Waals surface area contributed by atoms with Crippen LogP contribution in [0.15, 0.2) is 0 Å². The molecule has 0 aromatic rings. The zero-order valence-electron chi connectivity index (χ0n) is 6.82. The summed E-state index contributed by atoms with van der Waals surface area (Å²) in [5.41, 5.74) is 0. The Balaban J connectivity index is 2.71. The van der Waals surface area contributed by atoms with Gasteiger partial charge in [-0.1, -0.05) is 16.3 Å². The van der Waals surface area contributed by atoms with E-state index in [0.29, 0.717) is 6.54 Å². The molecular weight excluding hydrogens is 161 g/mol. The van der Waals surface area contributed by atoms with Crippen LogP contribution in [0.5, 0.6) is 0 Å². The van der Waals surface area contributed by atoms with Crippen molar-refractivity contribution in [3.8, 4) is 0 Å². The smallest absolute Gasteiger partial charge is 0.147 e. The number of Topliss-reactive ketones (excluding diaryl/α,β-unsaturated/α-hetero) is 1. The van der Waals surface area contributed by atoms with E-state index in [4.69, 9.17) is 0 Å². The van der Waals surface area contributed by atoms with Gasteiger partial charge in [-0.2, -0.15) is 0 Å². The number of ketones is 1. The first-order valence-corrected chi connectivity index (χ1v) is 4.25. The Bertz CT molecular complexity index is 174. The lowest BCUT2D eigenvalue weighted by atomic mass is 9.98. The second kappa shape index (κ2) is 3.18. The molecular formula is C7H14NO2P. The summed E-state index contributed by atoms with van der Waals surface area (Å²) in [6.45, 7) is 4.05. The molecule has 64 valence electrons. The number of aliphatic hydroxyl groups excluding tert-OH is 1. The van der Waals surface area contributed by atoms with Crippen LogP contribution in [0.4, 0.5) is 0 Å². The highest BCUT2D eigenvalue weighted by atomic mass is 31.0. The Morgan fingerprint density at radius 1 is 1.73 bits per heavy atom. The van der Waals surface area contributed by atoms with Gasteiger partial charge in [-0.3, -0.25) is 9.46 Å². The Labute approximate surface area is 69.0 Å². The minimum absolute atomic E-state index is 0.0602. The molecule has 0 amide bonds. The molecule has 2 unspecified atom stereocenters. The van der Waals surface area contributed by atoms with Gasteiger partial charge in [-0.15, -0.1) is 0 Å². The summed E-state index contributed by atoms with van der Waals surface area (Å²) in [6, 6.07) is -0.116. The summed E-state index contributed by atoms with van der Waals surface area (Å²) in [7, 11) is 2.48. The van der Waals surface area contributed by atoms with Crippen molar-refractivity contribution in [2.45, 2.75) is 26.0 Å². The zero-order chi connectivity index (χ0) is 8.59. The average molecular weight is 175 g/mol. The molecule has 4 atom stereocenters. The minimum atomic E-state index is -0.360. The fourth-order valence-corrected chi connectivity index (χ4v) is 2.31. The highest BCUT2D eigenvalue weighted by Crippen LogP contribution is 2.27. The summed E-state index contributed by atoms with van der Waals surface area (Å²) in [6.07, 6.45) is -0.360. The summed E-state index contributed by atoms with van der Waals surface area (Å²) in [4.78, 5) is 11.0. The lowest BCUT2D eigenvalue weighted by Crippen LogP contribution is -2.31. The van der Waals surface area contributed by atoms with Crippen molar-refractivity contribution in [1.29, 1.82) is 0 Å². The van der Waals surface area contributed by atoms with Gasteiger partial charge in [0, 0.05) is 12.5 Å². The Morgan fingerprint density at radius 3 is 2.45 bits per heavy atom. The van der Waals surface area contributed by atoms with Crippen LogP contribution in [0.25, 0.3) is 0 Å². The molecule has 0 bridgehead atoms. The van der Waals surface area contributed by atoms with E-state index in [0.717, 1.165) is 0 Å². The molecule has 11 heavy (non-hydrogen) atoms. The lowest BCUT2D eigenvalue weighted by Gasteiger charge is -2.18. The molecule has 0 spiro atoms. The van der Waals surface area contributed by atoms with E-state index >= 15 is 0 Å². The van der Waals surface area contributed by atoms with Gasteiger partial charge in [0.05, 0.1) is 12.1 Å². The number of rotatable bonds is 1. The summed E-state index contributed by atoms with van der Waals surface area (Å²) >= 11 is 0. The van der Waals surface area contributed by atoms with Gasteiger partial charge < -0.3 is 5.11 Å². The number of aliphatic hydroxyl groups is 1. The van der Waals surface area contributed by atoms with Crippen molar-refractivity contribution in [3.05, 3.63) is 0 Å². The lowest BCUT2D eigenvalue weighted by molar-refractivity contribution is -0.120. The van der Waals surface area contributed by atoms with E-state index in [1.807, 2.05) is 11.6 Å². The molecule has 1 saturated heterocycles. The fourth-order valence-electron chi connectivity index (χ4n) is 1.61. The second-order valence-electron chi connectivity index (χ2n) is 3.18. The molecule has 1 aliphatic heterocycles. The molecule has 0 aromatic heterocycles. The number of β-amino-alcohol motifs (C(OH)–C–C–N with tert-alkyl or cyclic N) is 1. The minimum Gasteiger partial charge on any atom is -0.391 e. The Morgan fingerprint density at radius 2 is 2.27 bits per heavy atom. The van der Waals surface area contributed by atoms with Crippen LogP contribution in [0.3, 0.4) is 0 Å². The van der Waals surface area contributed by atoms with Crippen molar-refractivity contribution < 1.29 is 9.90 Å². The molecule has 4 heteroatoms. The number of carbonyl (C=O) groups is 1. The zero-order valence-corrected chi connectivity index (χ0v) is 7.97. The maximum absolute atomic E-state index is 11.0. The fraction of sp³-hybridized carbons (Fsp3) is 0.857. The second-order valence-corrected chi connectivity index (χ2v) is 3.84. The SMILES string of the molecule is CC(=O)[C@@H]1C(C)[C@@H](O)CN1P. The molecule has 0 saturated carbocycles. The first-order valence-electron chi connectivity index (χ1n) is 3.74. The standard InChI is InChI=1S/C7H14NO2P/c1-4-6(10)3-8(11)7(4)5(2)9/h4,6-7,10H,3,11H2,1-2H3/t4?,6-,7-/m0/s1. The van der Waals surface area contributed by atoms with Gasteiger partial charge >= 0.3 is 0 Å². The normalized spacial score (nSPS) is 39.5. The quantitative estimate of drug-likeness (QED) is 0.572. The summed E-state index contributed by atoms with van der Waals surface area (Å²) in [5.74, 6) is 0.189. The summed E-state index contributed by atoms with van der Waals surface area (Å²) < 4.78 is 1.83. The van der Waals surface area contributed by atoms with E-state index in [1.54, 1.807) is 6.92 Å². The number of hydrogen-bond acceptors (Lipinski definition) is 3. The molecule has 1 rings (SSSR count). The third-order valence-electron chi connectivity index (χ3n) is 2.28. The van der Waals surface area contributed by atoms with Crippen molar-refractivity contribution in [2.75, 3.05) is 6.54 Å². The van der Waals surface area contributed by atoms with E-state index in [9.17, 15) is 9.90 Å². The topological polar surface area (TPSA) is 40.5 Å². The van der Waals surface area contributed by atoms with Crippen LogP contribution < -0.4 is 0 Å². The third-order valence-corrected chi connectivity index (χ3v) is 2.81. The van der Waals surface area contributed by atoms with E-state index in [-0.39, 0.29) is 23.8 Å². The number of hydrogen-bond donors (Lipinski definition) is 1. The van der Waals surface area contributed by atoms with Crippen LogP contribution >= 0.6 is 9.39 Å². The van der Waals surface area contributed by atoms with Crippen LogP contribution in [0.2, 0.25) is 0 Å². The van der Waals surface area contributed by atoms with Crippen molar-refractivity contribution in [1.82, 2.24) is 4.67 Å². The maximum Gasteiger partial charge on any atom is 0.147 e. The first kappa shape index (κ1) is 9.11. The highest BCUT2D eigenvalue weighted by Gasteiger charge is 2.38. The van der Waals surface area contributed by atoms with E-state index in [2.05, 4.69) is 9.39 Å². The van der Waals surface area contributed by atoms with Gasteiger partial charge in [-0.25, -0.2) is 0 Å². The van der Waals surface area contributed by atoms with Gasteiger partial charge in [0.2, 0.25) is 0 Å². The molecule has 0 aliphatic carbocycles. The van der Waals surface area contributed by atoms with Crippen molar-refractivity contribution >= 4 is 15.2 Å². The van der Waals surface area contributed by atoms with Crippen LogP contribution in [0, 0.1) is 5.92 Å². The number of carbonyl (C=O) groups excluding carboxylic acids is 1. The van der Waals surface area contributed by atoms with Crippen molar-refractivity contribution in [2.24, 2.45) is 5.92 Å². The average Bonchev–Trinajstić information content (AvgIpc) is 2.07. The predicted molar refractivity (Wildman–Crippen MR) is 46.1 cm³/mol. The first-order chi connectivity index (χ1) is 5.04. The van der Waals surface area contributed by atoms with Crippen LogP contribution in [-0.4, -0.2) is 34.3 Å². The molecule has 1 aliphatic rings. The molecule has 0 aromatic carbocycles. The van der Waals surface area contributed by atoms with Crippen LogP contribution in [0.1, 0.15) is 13.8 Å². The van der Waals surface area contributed by atoms with E-state index in [1.165, 1.54) is 0 Å². The van der Waals surface area contributed by atoms with Gasteiger partial charge in [-0.05, 0) is 6.92 Å². The van der Waals surface area contributed by atoms with E-state index < -0.39 is 0 Å². The van der Waals surface area contributed by atoms with Gasteiger partial charge in [0.1, 0.15) is 5.78 Å². The van der Waals surface area contributed by atoms with Crippen LogP contribution in [-0.2, 0) is 4.79 Å². The molecule has 0 radical (unpaired) electrons. The van der Waals surface area contributed by atoms with Gasteiger partial charge in [0.25, 0.3) is 0 Å². The molecule has 1 fully saturated rings. The third kappa shape index (κ3) is 1.61. The monoisotopic (exact) mass is 175 g/mol. The Kier molecular flexibility index (Phi) is 2.63. The molecule has 3 nitrogen and oxygen atoms in total. The Hall–Kier alpha value is 0.0200. The van der Waals surface area contributed by atoms with Gasteiger partial charge in [0.15, 0.2) is 0 Å².